The number of phenols is 2. The normalized spacial score (nSPS) is 10.7. The van der Waals surface area contributed by atoms with Crippen molar-refractivity contribution in [1.29, 1.82) is 0 Å². The zero-order valence-electron chi connectivity index (χ0n) is 10.5. The topological polar surface area (TPSA) is 61.7 Å². The summed E-state index contributed by atoms with van der Waals surface area (Å²) in [6.45, 7) is 7.85. The maximum absolute atomic E-state index is 9.33. The fourth-order valence-corrected chi connectivity index (χ4v) is 1.33. The Morgan fingerprint density at radius 2 is 2.17 bits per heavy atom. The van der Waals surface area contributed by atoms with Gasteiger partial charge in [0.15, 0.2) is 11.5 Å². The molecule has 0 aliphatic carbocycles. The van der Waals surface area contributed by atoms with Gasteiger partial charge in [-0.25, -0.2) is 0 Å². The monoisotopic (exact) mass is 249 g/mol. The molecule has 3 N–H and O–H groups in total. The molecule has 0 saturated heterocycles. The summed E-state index contributed by atoms with van der Waals surface area (Å²) in [5, 5.41) is 21.6. The van der Waals surface area contributed by atoms with Crippen LogP contribution >= 0.6 is 0 Å². The van der Waals surface area contributed by atoms with Gasteiger partial charge in [-0.1, -0.05) is 18.7 Å². The first-order valence-electron chi connectivity index (χ1n) is 5.84. The molecule has 0 aliphatic rings. The van der Waals surface area contributed by atoms with Gasteiger partial charge in [-0.15, -0.1) is 0 Å². The Morgan fingerprint density at radius 3 is 2.83 bits per heavy atom. The van der Waals surface area contributed by atoms with E-state index in [0.29, 0.717) is 19.8 Å². The highest BCUT2D eigenvalue weighted by molar-refractivity contribution is 5.56. The maximum atomic E-state index is 9.33. The lowest BCUT2D eigenvalue weighted by Gasteiger charge is -2.05. The minimum atomic E-state index is -0.132. The average molecular weight is 249 g/mol. The number of benzene rings is 1. The average Bonchev–Trinajstić information content (AvgIpc) is 2.36. The van der Waals surface area contributed by atoms with Gasteiger partial charge in [0.2, 0.25) is 0 Å². The zero-order chi connectivity index (χ0) is 13.4. The van der Waals surface area contributed by atoms with Crippen LogP contribution in [0.2, 0.25) is 0 Å². The van der Waals surface area contributed by atoms with E-state index in [1.54, 1.807) is 18.2 Å². The number of hydrogen-bond donors (Lipinski definition) is 3. The minimum absolute atomic E-state index is 0.124. The summed E-state index contributed by atoms with van der Waals surface area (Å²) in [7, 11) is 0. The van der Waals surface area contributed by atoms with E-state index >= 15 is 0 Å². The van der Waals surface area contributed by atoms with Gasteiger partial charge in [0, 0.05) is 18.8 Å². The summed E-state index contributed by atoms with van der Waals surface area (Å²) in [6, 6.07) is 4.64. The van der Waals surface area contributed by atoms with E-state index in [-0.39, 0.29) is 11.5 Å². The van der Waals surface area contributed by atoms with Crippen molar-refractivity contribution in [2.75, 3.05) is 19.8 Å². The molecule has 0 radical (unpaired) electrons. The first kappa shape index (κ1) is 14.1. The molecule has 0 spiro atoms. The summed E-state index contributed by atoms with van der Waals surface area (Å²) in [4.78, 5) is 0. The van der Waals surface area contributed by atoms with Crippen LogP contribution in [0.5, 0.6) is 11.5 Å². The molecule has 1 rings (SSSR count). The molecule has 1 aromatic rings. The number of hydrogen-bond acceptors (Lipinski definition) is 4. The number of ether oxygens (including phenoxy) is 1. The van der Waals surface area contributed by atoms with E-state index in [1.165, 1.54) is 12.1 Å². The number of rotatable bonds is 7. The summed E-state index contributed by atoms with van der Waals surface area (Å²) in [5.41, 5.74) is 1.56. The maximum Gasteiger partial charge on any atom is 0.157 e. The second-order valence-corrected chi connectivity index (χ2v) is 3.73. The first-order chi connectivity index (χ1) is 8.63. The largest absolute Gasteiger partial charge is 0.504 e. The second kappa shape index (κ2) is 7.40. The summed E-state index contributed by atoms with van der Waals surface area (Å²) in [5.74, 6) is -0.257. The lowest BCUT2D eigenvalue weighted by Crippen LogP contribution is -2.17. The molecule has 1 aromatic carbocycles. The van der Waals surface area contributed by atoms with Crippen LogP contribution in [0.1, 0.15) is 12.5 Å². The molecule has 4 heteroatoms. The van der Waals surface area contributed by atoms with Crippen LogP contribution in [-0.2, 0) is 4.74 Å². The molecule has 0 atom stereocenters. The van der Waals surface area contributed by atoms with Crippen molar-refractivity contribution in [1.82, 2.24) is 5.32 Å². The molecule has 0 fully saturated rings. The van der Waals surface area contributed by atoms with Crippen molar-refractivity contribution in [2.24, 2.45) is 0 Å². The van der Waals surface area contributed by atoms with Gasteiger partial charge in [-0.05, 0) is 30.7 Å². The van der Waals surface area contributed by atoms with Crippen molar-refractivity contribution in [2.45, 2.75) is 6.92 Å². The molecular formula is C14H19NO3. The number of aromatic hydroxyl groups is 2. The molecule has 0 amide bonds. The fourth-order valence-electron chi connectivity index (χ4n) is 1.33. The highest BCUT2D eigenvalue weighted by Crippen LogP contribution is 2.25. The van der Waals surface area contributed by atoms with Crippen molar-refractivity contribution in [3.8, 4) is 11.5 Å². The number of phenolic OH excluding ortho intramolecular Hbond substituents is 2. The Hall–Kier alpha value is -1.94. The van der Waals surface area contributed by atoms with E-state index in [4.69, 9.17) is 9.84 Å². The lowest BCUT2D eigenvalue weighted by molar-refractivity contribution is 0.151. The van der Waals surface area contributed by atoms with Crippen molar-refractivity contribution in [3.63, 3.8) is 0 Å². The Bertz CT molecular complexity index is 427. The van der Waals surface area contributed by atoms with Crippen LogP contribution < -0.4 is 5.32 Å². The standard InChI is InChI=1S/C14H19NO3/c1-3-18-9-8-15-11(2)4-5-12-6-7-13(16)14(17)10-12/h4-7,10,15-17H,2-3,8-9H2,1H3/b5-4+. The predicted molar refractivity (Wildman–Crippen MR) is 72.4 cm³/mol. The van der Waals surface area contributed by atoms with Crippen molar-refractivity contribution < 1.29 is 14.9 Å². The Balaban J connectivity index is 2.43. The van der Waals surface area contributed by atoms with Crippen LogP contribution in [0, 0.1) is 0 Å². The Labute approximate surface area is 107 Å². The van der Waals surface area contributed by atoms with Crippen LogP contribution in [0.15, 0.2) is 36.6 Å². The molecule has 0 saturated carbocycles. The Kier molecular flexibility index (Phi) is 5.80. The van der Waals surface area contributed by atoms with E-state index in [2.05, 4.69) is 11.9 Å². The molecule has 0 bridgehead atoms. The predicted octanol–water partition coefficient (Wildman–Crippen LogP) is 2.25. The van der Waals surface area contributed by atoms with Gasteiger partial charge in [0.05, 0.1) is 6.61 Å². The van der Waals surface area contributed by atoms with E-state index < -0.39 is 0 Å². The van der Waals surface area contributed by atoms with Gasteiger partial charge in [-0.2, -0.15) is 0 Å². The van der Waals surface area contributed by atoms with Crippen LogP contribution in [0.4, 0.5) is 0 Å². The van der Waals surface area contributed by atoms with E-state index in [0.717, 1.165) is 11.3 Å². The van der Waals surface area contributed by atoms with E-state index in [9.17, 15) is 5.11 Å². The van der Waals surface area contributed by atoms with Gasteiger partial charge in [-0.3, -0.25) is 0 Å². The van der Waals surface area contributed by atoms with Crippen LogP contribution in [0.25, 0.3) is 6.08 Å². The fraction of sp³-hybridized carbons (Fsp3) is 0.286. The Morgan fingerprint density at radius 1 is 1.39 bits per heavy atom. The second-order valence-electron chi connectivity index (χ2n) is 3.73. The molecule has 0 unspecified atom stereocenters. The van der Waals surface area contributed by atoms with Crippen LogP contribution in [0.3, 0.4) is 0 Å². The molecule has 98 valence electrons. The molecule has 4 nitrogen and oxygen atoms in total. The van der Waals surface area contributed by atoms with Crippen LogP contribution in [-0.4, -0.2) is 30.0 Å². The third-order valence-electron chi connectivity index (χ3n) is 2.28. The third-order valence-corrected chi connectivity index (χ3v) is 2.28. The van der Waals surface area contributed by atoms with Crippen molar-refractivity contribution >= 4 is 6.08 Å². The smallest absolute Gasteiger partial charge is 0.157 e. The third kappa shape index (κ3) is 4.93. The first-order valence-corrected chi connectivity index (χ1v) is 5.84. The summed E-state index contributed by atoms with van der Waals surface area (Å²) < 4.78 is 5.19. The molecule has 0 aliphatic heterocycles. The highest BCUT2D eigenvalue weighted by Gasteiger charge is 1.97. The molecule has 0 heterocycles. The minimum Gasteiger partial charge on any atom is -0.504 e. The van der Waals surface area contributed by atoms with Gasteiger partial charge in [0.25, 0.3) is 0 Å². The molecule has 18 heavy (non-hydrogen) atoms. The lowest BCUT2D eigenvalue weighted by atomic mass is 10.2. The van der Waals surface area contributed by atoms with Gasteiger partial charge in [0.1, 0.15) is 0 Å². The SMILES string of the molecule is C=C(/C=C/c1ccc(O)c(O)c1)NCCOCC. The molecular weight excluding hydrogens is 230 g/mol. The van der Waals surface area contributed by atoms with Gasteiger partial charge < -0.3 is 20.3 Å². The number of allylic oxidation sites excluding steroid dienone is 1. The van der Waals surface area contributed by atoms with Crippen molar-refractivity contribution in [3.05, 3.63) is 42.1 Å². The quantitative estimate of drug-likeness (QED) is 0.394. The van der Waals surface area contributed by atoms with E-state index in [1.807, 2.05) is 6.92 Å². The summed E-state index contributed by atoms with van der Waals surface area (Å²) in [6.07, 6.45) is 3.60. The zero-order valence-corrected chi connectivity index (χ0v) is 10.5. The number of nitrogens with one attached hydrogen (secondary N) is 1. The highest BCUT2D eigenvalue weighted by atomic mass is 16.5. The summed E-state index contributed by atoms with van der Waals surface area (Å²) >= 11 is 0. The van der Waals surface area contributed by atoms with Gasteiger partial charge >= 0.3 is 0 Å². The molecule has 0 aromatic heterocycles.